The van der Waals surface area contributed by atoms with Crippen molar-refractivity contribution < 1.29 is 23.5 Å². The number of furan rings is 1. The molecule has 37 heavy (non-hydrogen) atoms. The highest BCUT2D eigenvalue weighted by atomic mass is 16.5. The zero-order chi connectivity index (χ0) is 26.4. The summed E-state index contributed by atoms with van der Waals surface area (Å²) in [5.41, 5.74) is 6.24. The lowest BCUT2D eigenvalue weighted by molar-refractivity contribution is -0.111. The number of nitrogens with one attached hydrogen (secondary N) is 1. The van der Waals surface area contributed by atoms with Crippen molar-refractivity contribution in [2.24, 2.45) is 0 Å². The van der Waals surface area contributed by atoms with Crippen LogP contribution < -0.4 is 10.1 Å². The van der Waals surface area contributed by atoms with Crippen LogP contribution in [-0.2, 0) is 9.53 Å². The summed E-state index contributed by atoms with van der Waals surface area (Å²) >= 11 is 0. The van der Waals surface area contributed by atoms with E-state index in [2.05, 4.69) is 5.32 Å². The predicted molar refractivity (Wildman–Crippen MR) is 147 cm³/mol. The molecule has 0 aliphatic carbocycles. The van der Waals surface area contributed by atoms with Gasteiger partial charge in [-0.25, -0.2) is 4.79 Å². The summed E-state index contributed by atoms with van der Waals surface area (Å²) in [6.45, 7) is 6.26. The molecule has 0 spiro atoms. The van der Waals surface area contributed by atoms with Crippen LogP contribution in [0.5, 0.6) is 5.75 Å². The van der Waals surface area contributed by atoms with Gasteiger partial charge in [-0.2, -0.15) is 0 Å². The van der Waals surface area contributed by atoms with Crippen molar-refractivity contribution in [1.82, 2.24) is 0 Å². The van der Waals surface area contributed by atoms with Crippen molar-refractivity contribution in [2.45, 2.75) is 33.6 Å². The van der Waals surface area contributed by atoms with Gasteiger partial charge in [-0.3, -0.25) is 4.79 Å². The van der Waals surface area contributed by atoms with Crippen LogP contribution in [0.1, 0.15) is 48.2 Å². The molecule has 1 aromatic heterocycles. The SMILES string of the molecule is CCCCOC(=O)c1ccc(NC(=O)/C=C(\C)c2cc3c(-c4ccccc4)coc3c(C)c2OC)cc1. The first-order valence-corrected chi connectivity index (χ1v) is 12.3. The lowest BCUT2D eigenvalue weighted by Crippen LogP contribution is -2.10. The zero-order valence-electron chi connectivity index (χ0n) is 21.6. The number of hydrogen-bond acceptors (Lipinski definition) is 5. The molecule has 4 rings (SSSR count). The number of fused-ring (bicyclic) bond motifs is 1. The first kappa shape index (κ1) is 25.8. The first-order chi connectivity index (χ1) is 17.9. The molecular weight excluding hydrogens is 466 g/mol. The Morgan fingerprint density at radius 2 is 1.78 bits per heavy atom. The highest BCUT2D eigenvalue weighted by Crippen LogP contribution is 2.40. The standard InChI is InChI=1S/C31H31NO5/c1-5-6-16-36-31(34)23-12-14-24(15-13-23)32-28(33)17-20(2)25-18-26-27(22-10-8-7-9-11-22)19-37-30(26)21(3)29(25)35-4/h7-15,17-19H,5-6,16H2,1-4H3,(H,32,33)/b20-17+. The average Bonchev–Trinajstić information content (AvgIpc) is 3.34. The Morgan fingerprint density at radius 3 is 2.46 bits per heavy atom. The molecule has 0 unspecified atom stereocenters. The van der Waals surface area contributed by atoms with Crippen LogP contribution in [0.2, 0.25) is 0 Å². The molecule has 0 atom stereocenters. The molecule has 0 saturated carbocycles. The number of benzene rings is 3. The van der Waals surface area contributed by atoms with E-state index in [9.17, 15) is 9.59 Å². The van der Waals surface area contributed by atoms with Crippen molar-refractivity contribution >= 4 is 34.1 Å². The Bertz CT molecular complexity index is 1430. The summed E-state index contributed by atoms with van der Waals surface area (Å²) in [6.07, 6.45) is 5.08. The van der Waals surface area contributed by atoms with Crippen molar-refractivity contribution in [2.75, 3.05) is 19.0 Å². The molecule has 0 bridgehead atoms. The molecule has 6 heteroatoms. The van der Waals surface area contributed by atoms with Gasteiger partial charge in [-0.1, -0.05) is 43.7 Å². The van der Waals surface area contributed by atoms with E-state index in [-0.39, 0.29) is 11.9 Å². The van der Waals surface area contributed by atoms with E-state index < -0.39 is 0 Å². The molecule has 0 aliphatic heterocycles. The van der Waals surface area contributed by atoms with Crippen LogP contribution in [0.4, 0.5) is 5.69 Å². The number of rotatable bonds is 9. The monoisotopic (exact) mass is 497 g/mol. The van der Waals surface area contributed by atoms with E-state index in [4.69, 9.17) is 13.9 Å². The number of carbonyl (C=O) groups excluding carboxylic acids is 2. The second kappa shape index (κ2) is 11.6. The highest BCUT2D eigenvalue weighted by molar-refractivity contribution is 6.06. The molecule has 190 valence electrons. The topological polar surface area (TPSA) is 77.8 Å². The Morgan fingerprint density at radius 1 is 1.05 bits per heavy atom. The molecule has 0 fully saturated rings. The van der Waals surface area contributed by atoms with Gasteiger partial charge in [0.15, 0.2) is 0 Å². The average molecular weight is 498 g/mol. The lowest BCUT2D eigenvalue weighted by atomic mass is 9.96. The molecule has 0 aliphatic rings. The fourth-order valence-corrected chi connectivity index (χ4v) is 4.25. The van der Waals surface area contributed by atoms with Crippen molar-refractivity contribution in [3.8, 4) is 16.9 Å². The van der Waals surface area contributed by atoms with Gasteiger partial charge in [-0.15, -0.1) is 0 Å². The molecule has 1 amide bonds. The number of allylic oxidation sites excluding steroid dienone is 1. The first-order valence-electron chi connectivity index (χ1n) is 12.3. The second-order valence-electron chi connectivity index (χ2n) is 8.86. The summed E-state index contributed by atoms with van der Waals surface area (Å²) in [7, 11) is 1.61. The number of amides is 1. The zero-order valence-corrected chi connectivity index (χ0v) is 21.6. The van der Waals surface area contributed by atoms with Gasteiger partial charge in [-0.05, 0) is 61.7 Å². The maximum Gasteiger partial charge on any atom is 0.338 e. The van der Waals surface area contributed by atoms with E-state index >= 15 is 0 Å². The van der Waals surface area contributed by atoms with Crippen molar-refractivity contribution in [1.29, 1.82) is 0 Å². The maximum absolute atomic E-state index is 12.8. The number of aryl methyl sites for hydroxylation is 1. The van der Waals surface area contributed by atoms with Gasteiger partial charge in [0.25, 0.3) is 0 Å². The third kappa shape index (κ3) is 5.75. The molecule has 0 radical (unpaired) electrons. The molecule has 1 N–H and O–H groups in total. The van der Waals surface area contributed by atoms with Gasteiger partial charge < -0.3 is 19.2 Å². The van der Waals surface area contributed by atoms with E-state index in [1.165, 1.54) is 0 Å². The van der Waals surface area contributed by atoms with Crippen LogP contribution in [0.3, 0.4) is 0 Å². The minimum atomic E-state index is -0.367. The molecule has 1 heterocycles. The third-order valence-electron chi connectivity index (χ3n) is 6.22. The molecular formula is C31H31NO5. The second-order valence-corrected chi connectivity index (χ2v) is 8.86. The van der Waals surface area contributed by atoms with Crippen LogP contribution in [0.15, 0.2) is 77.4 Å². The molecule has 3 aromatic carbocycles. The number of esters is 1. The Labute approximate surface area is 216 Å². The summed E-state index contributed by atoms with van der Waals surface area (Å²) in [6, 6.07) is 18.7. The summed E-state index contributed by atoms with van der Waals surface area (Å²) in [5, 5.41) is 3.81. The fourth-order valence-electron chi connectivity index (χ4n) is 4.25. The minimum absolute atomic E-state index is 0.286. The number of carbonyl (C=O) groups is 2. The predicted octanol–water partition coefficient (Wildman–Crippen LogP) is 7.42. The molecule has 0 saturated heterocycles. The summed E-state index contributed by atoms with van der Waals surface area (Å²) in [4.78, 5) is 24.9. The van der Waals surface area contributed by atoms with Crippen LogP contribution >= 0.6 is 0 Å². The fraction of sp³-hybridized carbons (Fsp3) is 0.226. The Kier molecular flexibility index (Phi) is 8.08. The molecule has 4 aromatic rings. The number of anilines is 1. The third-order valence-corrected chi connectivity index (χ3v) is 6.22. The van der Waals surface area contributed by atoms with E-state index in [0.717, 1.165) is 51.6 Å². The van der Waals surface area contributed by atoms with Gasteiger partial charge in [0, 0.05) is 33.8 Å². The van der Waals surface area contributed by atoms with Crippen LogP contribution in [-0.4, -0.2) is 25.6 Å². The van der Waals surface area contributed by atoms with Gasteiger partial charge in [0.1, 0.15) is 11.3 Å². The van der Waals surface area contributed by atoms with E-state index in [0.29, 0.717) is 23.6 Å². The number of hydrogen-bond donors (Lipinski definition) is 1. The quantitative estimate of drug-likeness (QED) is 0.148. The smallest absolute Gasteiger partial charge is 0.338 e. The number of unbranched alkanes of at least 4 members (excludes halogenated alkanes) is 1. The lowest BCUT2D eigenvalue weighted by Gasteiger charge is -2.13. The number of methoxy groups -OCH3 is 1. The van der Waals surface area contributed by atoms with Crippen LogP contribution in [0, 0.1) is 6.92 Å². The summed E-state index contributed by atoms with van der Waals surface area (Å²) in [5.74, 6) is 0.00837. The highest BCUT2D eigenvalue weighted by Gasteiger charge is 2.19. The van der Waals surface area contributed by atoms with Gasteiger partial charge in [0.2, 0.25) is 5.91 Å². The number of ether oxygens (including phenoxy) is 2. The maximum atomic E-state index is 12.8. The van der Waals surface area contributed by atoms with E-state index in [1.807, 2.05) is 57.2 Å². The molecule has 6 nitrogen and oxygen atoms in total. The van der Waals surface area contributed by atoms with Gasteiger partial charge >= 0.3 is 5.97 Å². The van der Waals surface area contributed by atoms with Crippen molar-refractivity contribution in [3.63, 3.8) is 0 Å². The normalized spacial score (nSPS) is 11.4. The van der Waals surface area contributed by atoms with Crippen molar-refractivity contribution in [3.05, 3.63) is 89.7 Å². The minimum Gasteiger partial charge on any atom is -0.496 e. The Hall–Kier alpha value is -4.32. The Balaban J connectivity index is 1.57. The largest absolute Gasteiger partial charge is 0.496 e. The van der Waals surface area contributed by atoms with Gasteiger partial charge in [0.05, 0.1) is 25.5 Å². The summed E-state index contributed by atoms with van der Waals surface area (Å²) < 4.78 is 16.9. The van der Waals surface area contributed by atoms with Crippen LogP contribution in [0.25, 0.3) is 27.7 Å². The van der Waals surface area contributed by atoms with E-state index in [1.54, 1.807) is 43.7 Å².